The number of nitrogens with zero attached hydrogens (tertiary/aromatic N) is 4. The first-order valence-electron chi connectivity index (χ1n) is 8.90. The van der Waals surface area contributed by atoms with Crippen LogP contribution in [0.25, 0.3) is 22.3 Å². The van der Waals surface area contributed by atoms with Gasteiger partial charge in [0.1, 0.15) is 31.1 Å². The Labute approximate surface area is 162 Å². The number of hydrogen-bond donors (Lipinski definition) is 2. The van der Waals surface area contributed by atoms with Crippen LogP contribution < -0.4 is 20.5 Å². The first-order chi connectivity index (χ1) is 12.8. The molecule has 2 aromatic heterocycles. The molecule has 2 aliphatic heterocycles. The lowest BCUT2D eigenvalue weighted by Crippen LogP contribution is -2.32. The van der Waals surface area contributed by atoms with Gasteiger partial charge in [0, 0.05) is 12.1 Å². The van der Waals surface area contributed by atoms with Crippen LogP contribution in [0.3, 0.4) is 0 Å². The van der Waals surface area contributed by atoms with Crippen molar-refractivity contribution in [2.75, 3.05) is 32.0 Å². The van der Waals surface area contributed by atoms with Crippen molar-refractivity contribution >= 4 is 29.3 Å². The van der Waals surface area contributed by atoms with Crippen molar-refractivity contribution in [2.45, 2.75) is 18.9 Å². The van der Waals surface area contributed by atoms with Crippen molar-refractivity contribution in [1.82, 2.24) is 25.1 Å². The van der Waals surface area contributed by atoms with Crippen LogP contribution in [-0.4, -0.2) is 46.1 Å². The van der Waals surface area contributed by atoms with Gasteiger partial charge in [0.25, 0.3) is 0 Å². The lowest BCUT2D eigenvalue weighted by atomic mass is 10.1. The van der Waals surface area contributed by atoms with Crippen LogP contribution in [0.15, 0.2) is 24.5 Å². The third-order valence-electron chi connectivity index (χ3n) is 4.95. The summed E-state index contributed by atoms with van der Waals surface area (Å²) in [4.78, 5) is 8.66. The van der Waals surface area contributed by atoms with Crippen molar-refractivity contribution < 1.29 is 9.47 Å². The molecular formula is C18H21ClN6O2. The Morgan fingerprint density at radius 3 is 2.81 bits per heavy atom. The van der Waals surface area contributed by atoms with Gasteiger partial charge in [0.05, 0.1) is 11.4 Å². The number of benzene rings is 1. The van der Waals surface area contributed by atoms with Crippen molar-refractivity contribution in [3.05, 3.63) is 24.5 Å². The molecule has 142 valence electrons. The number of fused-ring (bicyclic) bond motifs is 2. The summed E-state index contributed by atoms with van der Waals surface area (Å²) in [6.07, 6.45) is 3.68. The van der Waals surface area contributed by atoms with E-state index in [2.05, 4.69) is 15.3 Å². The van der Waals surface area contributed by atoms with Crippen LogP contribution in [0.2, 0.25) is 0 Å². The largest absolute Gasteiger partial charge is 0.486 e. The van der Waals surface area contributed by atoms with Gasteiger partial charge in [-0.15, -0.1) is 12.4 Å². The van der Waals surface area contributed by atoms with E-state index in [1.54, 1.807) is 0 Å². The molecular weight excluding hydrogens is 368 g/mol. The summed E-state index contributed by atoms with van der Waals surface area (Å²) in [5.74, 6) is 1.92. The molecule has 1 saturated heterocycles. The second-order valence-corrected chi connectivity index (χ2v) is 6.61. The first-order valence-corrected chi connectivity index (χ1v) is 8.90. The van der Waals surface area contributed by atoms with E-state index in [1.807, 2.05) is 22.9 Å². The van der Waals surface area contributed by atoms with E-state index in [0.29, 0.717) is 19.0 Å². The van der Waals surface area contributed by atoms with Gasteiger partial charge in [-0.3, -0.25) is 0 Å². The lowest BCUT2D eigenvalue weighted by Gasteiger charge is -2.23. The number of nitrogens with one attached hydrogen (secondary N) is 1. The number of hydrogen-bond acceptors (Lipinski definition) is 7. The van der Waals surface area contributed by atoms with Gasteiger partial charge in [-0.2, -0.15) is 5.10 Å². The van der Waals surface area contributed by atoms with Crippen molar-refractivity contribution in [2.24, 2.45) is 0 Å². The highest BCUT2D eigenvalue weighted by Gasteiger charge is 2.24. The summed E-state index contributed by atoms with van der Waals surface area (Å²) in [6.45, 7) is 3.03. The van der Waals surface area contributed by atoms with Gasteiger partial charge < -0.3 is 20.5 Å². The Kier molecular flexibility index (Phi) is 4.75. The average molecular weight is 389 g/mol. The van der Waals surface area contributed by atoms with E-state index in [-0.39, 0.29) is 18.4 Å². The molecule has 0 saturated carbocycles. The topological polar surface area (TPSA) is 100 Å². The zero-order valence-corrected chi connectivity index (χ0v) is 15.5. The number of rotatable bonds is 2. The fourth-order valence-corrected chi connectivity index (χ4v) is 3.68. The van der Waals surface area contributed by atoms with Crippen LogP contribution in [0.5, 0.6) is 11.5 Å². The maximum Gasteiger partial charge on any atom is 0.164 e. The molecule has 9 heteroatoms. The van der Waals surface area contributed by atoms with Gasteiger partial charge in [-0.05, 0) is 37.6 Å². The molecule has 27 heavy (non-hydrogen) atoms. The Morgan fingerprint density at radius 1 is 1.15 bits per heavy atom. The molecule has 1 aromatic carbocycles. The molecule has 1 fully saturated rings. The van der Waals surface area contributed by atoms with Crippen molar-refractivity contribution in [3.63, 3.8) is 0 Å². The average Bonchev–Trinajstić information content (AvgIpc) is 3.09. The van der Waals surface area contributed by atoms with Gasteiger partial charge in [0.2, 0.25) is 0 Å². The normalized spacial score (nSPS) is 18.9. The standard InChI is InChI=1S/C18H20N6O2.ClH/c19-17-15-16(11-3-4-13-14(8-11)26-7-6-25-13)23-24(18(15)22-10-21-17)12-2-1-5-20-9-12;/h3-4,8,10,12,20H,1-2,5-7,9H2,(H2,19,21,22);1H/t12-;/m1./s1. The molecule has 4 heterocycles. The molecule has 0 unspecified atom stereocenters. The second kappa shape index (κ2) is 7.21. The highest BCUT2D eigenvalue weighted by molar-refractivity contribution is 5.98. The summed E-state index contributed by atoms with van der Waals surface area (Å²) >= 11 is 0. The maximum atomic E-state index is 6.20. The van der Waals surface area contributed by atoms with Crippen LogP contribution in [0.1, 0.15) is 18.9 Å². The molecule has 0 amide bonds. The molecule has 0 bridgehead atoms. The van der Waals surface area contributed by atoms with Crippen LogP contribution in [0.4, 0.5) is 5.82 Å². The number of ether oxygens (including phenoxy) is 2. The van der Waals surface area contributed by atoms with E-state index < -0.39 is 0 Å². The molecule has 8 nitrogen and oxygen atoms in total. The number of nitrogens with two attached hydrogens (primary N) is 1. The Hall–Kier alpha value is -2.58. The summed E-state index contributed by atoms with van der Waals surface area (Å²) in [7, 11) is 0. The highest BCUT2D eigenvalue weighted by Crippen LogP contribution is 2.38. The first kappa shape index (κ1) is 17.8. The Bertz CT molecular complexity index is 970. The monoisotopic (exact) mass is 388 g/mol. The quantitative estimate of drug-likeness (QED) is 0.694. The van der Waals surface area contributed by atoms with Crippen molar-refractivity contribution in [1.29, 1.82) is 0 Å². The predicted octanol–water partition coefficient (Wildman–Crippen LogP) is 2.19. The van der Waals surface area contributed by atoms with E-state index in [1.165, 1.54) is 6.33 Å². The van der Waals surface area contributed by atoms with Gasteiger partial charge in [0.15, 0.2) is 17.1 Å². The number of halogens is 1. The summed E-state index contributed by atoms with van der Waals surface area (Å²) < 4.78 is 13.3. The van der Waals surface area contributed by atoms with Crippen LogP contribution in [0, 0.1) is 0 Å². The highest BCUT2D eigenvalue weighted by atomic mass is 35.5. The summed E-state index contributed by atoms with van der Waals surface area (Å²) in [5.41, 5.74) is 8.67. The molecule has 5 rings (SSSR count). The predicted molar refractivity (Wildman–Crippen MR) is 105 cm³/mol. The van der Waals surface area contributed by atoms with Gasteiger partial charge in [-0.25, -0.2) is 14.6 Å². The van der Waals surface area contributed by atoms with E-state index in [9.17, 15) is 0 Å². The zero-order chi connectivity index (χ0) is 17.5. The molecule has 1 atom stereocenters. The minimum atomic E-state index is 0. The molecule has 0 spiro atoms. The van der Waals surface area contributed by atoms with Crippen LogP contribution in [-0.2, 0) is 0 Å². The third-order valence-corrected chi connectivity index (χ3v) is 4.95. The minimum absolute atomic E-state index is 0. The third kappa shape index (κ3) is 3.04. The van der Waals surface area contributed by atoms with Crippen LogP contribution >= 0.6 is 12.4 Å². The molecule has 2 aliphatic rings. The SMILES string of the molecule is Cl.Nc1ncnc2c1c(-c1ccc3c(c1)OCCO3)nn2[C@@H]1CCCNC1. The maximum absolute atomic E-state index is 6.20. The number of piperidine rings is 1. The van der Waals surface area contributed by atoms with E-state index in [4.69, 9.17) is 20.3 Å². The molecule has 0 radical (unpaired) electrons. The number of anilines is 1. The van der Waals surface area contributed by atoms with Gasteiger partial charge >= 0.3 is 0 Å². The summed E-state index contributed by atoms with van der Waals surface area (Å²) in [6, 6.07) is 6.10. The Balaban J connectivity index is 0.00000180. The zero-order valence-electron chi connectivity index (χ0n) is 14.7. The smallest absolute Gasteiger partial charge is 0.164 e. The fraction of sp³-hybridized carbons (Fsp3) is 0.389. The van der Waals surface area contributed by atoms with Gasteiger partial charge in [-0.1, -0.05) is 0 Å². The molecule has 3 N–H and O–H groups in total. The lowest BCUT2D eigenvalue weighted by molar-refractivity contribution is 0.171. The van der Waals surface area contributed by atoms with Crippen molar-refractivity contribution in [3.8, 4) is 22.8 Å². The van der Waals surface area contributed by atoms with E-state index >= 15 is 0 Å². The minimum Gasteiger partial charge on any atom is -0.486 e. The summed E-state index contributed by atoms with van der Waals surface area (Å²) in [5, 5.41) is 9.11. The molecule has 0 aliphatic carbocycles. The second-order valence-electron chi connectivity index (χ2n) is 6.61. The Morgan fingerprint density at radius 2 is 2.00 bits per heavy atom. The number of nitrogen functional groups attached to an aromatic ring is 1. The van der Waals surface area contributed by atoms with E-state index in [0.717, 1.165) is 59.7 Å². The number of aromatic nitrogens is 4. The fourth-order valence-electron chi connectivity index (χ4n) is 3.68. The molecule has 3 aromatic rings.